The summed E-state index contributed by atoms with van der Waals surface area (Å²) >= 11 is 0. The van der Waals surface area contributed by atoms with Gasteiger partial charge in [-0.3, -0.25) is 9.59 Å². The molecule has 5 heteroatoms. The van der Waals surface area contributed by atoms with Crippen LogP contribution in [0.4, 0.5) is 0 Å². The molecule has 1 aliphatic rings. The van der Waals surface area contributed by atoms with Crippen molar-refractivity contribution in [3.63, 3.8) is 0 Å². The molecule has 1 saturated carbocycles. The first-order valence-corrected chi connectivity index (χ1v) is 13.5. The summed E-state index contributed by atoms with van der Waals surface area (Å²) in [7, 11) is 0. The van der Waals surface area contributed by atoms with Crippen molar-refractivity contribution < 1.29 is 19.4 Å². The summed E-state index contributed by atoms with van der Waals surface area (Å²) in [6, 6.07) is 24.8. The zero-order chi connectivity index (χ0) is 26.0. The van der Waals surface area contributed by atoms with E-state index in [-0.39, 0.29) is 18.4 Å². The first-order chi connectivity index (χ1) is 18.0. The van der Waals surface area contributed by atoms with E-state index in [4.69, 9.17) is 9.84 Å². The highest BCUT2D eigenvalue weighted by molar-refractivity contribution is 5.95. The summed E-state index contributed by atoms with van der Waals surface area (Å²) in [4.78, 5) is 26.2. The molecule has 3 aromatic rings. The maximum Gasteiger partial charge on any atom is 0.303 e. The number of para-hydroxylation sites is 1. The van der Waals surface area contributed by atoms with E-state index >= 15 is 0 Å². The van der Waals surface area contributed by atoms with Gasteiger partial charge in [-0.25, -0.2) is 0 Å². The number of aryl methyl sites for hydroxylation is 1. The number of nitrogens with zero attached hydrogens (tertiary/aromatic N) is 1. The number of unbranched alkanes of at least 4 members (excludes halogenated alkanes) is 2. The second-order valence-corrected chi connectivity index (χ2v) is 9.85. The SMILES string of the molecule is CCCc1ccc(-c2ccc(C(=O)N(Cc3ccccc3OCCCCCC(=O)O)C3CC3)cc2)cc1. The van der Waals surface area contributed by atoms with Crippen molar-refractivity contribution in [1.29, 1.82) is 0 Å². The zero-order valence-corrected chi connectivity index (χ0v) is 21.7. The third-order valence-corrected chi connectivity index (χ3v) is 6.81. The van der Waals surface area contributed by atoms with Crippen molar-refractivity contribution in [3.8, 4) is 16.9 Å². The lowest BCUT2D eigenvalue weighted by molar-refractivity contribution is -0.137. The molecule has 1 N–H and O–H groups in total. The van der Waals surface area contributed by atoms with Crippen LogP contribution in [0.5, 0.6) is 5.75 Å². The summed E-state index contributed by atoms with van der Waals surface area (Å²) in [5, 5.41) is 8.77. The van der Waals surface area contributed by atoms with Crippen molar-refractivity contribution in [2.45, 2.75) is 70.9 Å². The van der Waals surface area contributed by atoms with Gasteiger partial charge in [-0.05, 0) is 73.4 Å². The monoisotopic (exact) mass is 499 g/mol. The highest BCUT2D eigenvalue weighted by Crippen LogP contribution is 2.32. The number of carbonyl (C=O) groups is 2. The molecular formula is C32H37NO4. The minimum absolute atomic E-state index is 0.0517. The Labute approximate surface area is 220 Å². The fourth-order valence-electron chi connectivity index (χ4n) is 4.57. The van der Waals surface area contributed by atoms with Crippen molar-refractivity contribution in [1.82, 2.24) is 4.90 Å². The van der Waals surface area contributed by atoms with Gasteiger partial charge in [0.1, 0.15) is 5.75 Å². The average molecular weight is 500 g/mol. The van der Waals surface area contributed by atoms with E-state index in [1.165, 1.54) is 5.56 Å². The van der Waals surface area contributed by atoms with Gasteiger partial charge in [0.05, 0.1) is 6.61 Å². The number of carboxylic acids is 1. The van der Waals surface area contributed by atoms with E-state index in [1.54, 1.807) is 0 Å². The van der Waals surface area contributed by atoms with Crippen LogP contribution in [0.3, 0.4) is 0 Å². The van der Waals surface area contributed by atoms with Crippen LogP contribution in [-0.4, -0.2) is 34.5 Å². The smallest absolute Gasteiger partial charge is 0.303 e. The number of rotatable bonds is 14. The summed E-state index contributed by atoms with van der Waals surface area (Å²) in [5.74, 6) is 0.0867. The minimum Gasteiger partial charge on any atom is -0.493 e. The molecule has 0 heterocycles. The standard InChI is InChI=1S/C32H37NO4/c1-2-8-24-12-14-25(15-13-24)26-16-18-27(19-17-26)32(36)33(29-20-21-29)23-28-9-5-6-10-30(28)37-22-7-3-4-11-31(34)35/h5-6,9-10,12-19,29H,2-4,7-8,11,20-23H2,1H3,(H,34,35). The zero-order valence-electron chi connectivity index (χ0n) is 21.7. The molecule has 0 radical (unpaired) electrons. The molecule has 0 spiro atoms. The quantitative estimate of drug-likeness (QED) is 0.240. The Morgan fingerprint density at radius 2 is 1.57 bits per heavy atom. The first-order valence-electron chi connectivity index (χ1n) is 13.5. The predicted octanol–water partition coefficient (Wildman–Crippen LogP) is 7.13. The molecule has 37 heavy (non-hydrogen) atoms. The van der Waals surface area contributed by atoms with Crippen LogP contribution < -0.4 is 4.74 Å². The molecule has 3 aromatic carbocycles. The molecule has 0 unspecified atom stereocenters. The Bertz CT molecular complexity index is 1170. The molecule has 1 amide bonds. The molecule has 0 aromatic heterocycles. The molecule has 0 aliphatic heterocycles. The summed E-state index contributed by atoms with van der Waals surface area (Å²) in [6.07, 6.45) is 6.76. The lowest BCUT2D eigenvalue weighted by Gasteiger charge is -2.24. The van der Waals surface area contributed by atoms with Crippen molar-refractivity contribution in [3.05, 3.63) is 89.5 Å². The normalized spacial score (nSPS) is 12.8. The third-order valence-electron chi connectivity index (χ3n) is 6.81. The highest BCUT2D eigenvalue weighted by Gasteiger charge is 2.33. The van der Waals surface area contributed by atoms with E-state index in [1.807, 2.05) is 53.4 Å². The third kappa shape index (κ3) is 7.69. The topological polar surface area (TPSA) is 66.8 Å². The number of amides is 1. The number of carboxylic acid groups (broad SMARTS) is 1. The van der Waals surface area contributed by atoms with Crippen LogP contribution in [0.2, 0.25) is 0 Å². The largest absolute Gasteiger partial charge is 0.493 e. The van der Waals surface area contributed by atoms with Gasteiger partial charge in [0.2, 0.25) is 0 Å². The summed E-state index contributed by atoms with van der Waals surface area (Å²) in [5.41, 5.74) is 5.32. The number of carbonyl (C=O) groups excluding carboxylic acids is 1. The van der Waals surface area contributed by atoms with Crippen molar-refractivity contribution in [2.24, 2.45) is 0 Å². The lowest BCUT2D eigenvalue weighted by atomic mass is 10.0. The van der Waals surface area contributed by atoms with Crippen LogP contribution in [0.1, 0.15) is 73.4 Å². The van der Waals surface area contributed by atoms with Gasteiger partial charge < -0.3 is 14.7 Å². The predicted molar refractivity (Wildman–Crippen MR) is 147 cm³/mol. The first kappa shape index (κ1) is 26.5. The van der Waals surface area contributed by atoms with Crippen molar-refractivity contribution in [2.75, 3.05) is 6.61 Å². The molecule has 1 fully saturated rings. The number of ether oxygens (including phenoxy) is 1. The van der Waals surface area contributed by atoms with Crippen LogP contribution in [-0.2, 0) is 17.8 Å². The Morgan fingerprint density at radius 1 is 0.892 bits per heavy atom. The summed E-state index contributed by atoms with van der Waals surface area (Å²) < 4.78 is 6.03. The Kier molecular flexibility index (Phi) is 9.36. The van der Waals surface area contributed by atoms with Gasteiger partial charge in [0.15, 0.2) is 0 Å². The molecule has 0 saturated heterocycles. The molecular weight excluding hydrogens is 462 g/mol. The van der Waals surface area contributed by atoms with Crippen molar-refractivity contribution >= 4 is 11.9 Å². The fourth-order valence-corrected chi connectivity index (χ4v) is 4.57. The van der Waals surface area contributed by atoms with E-state index in [9.17, 15) is 9.59 Å². The maximum atomic E-state index is 13.5. The van der Waals surface area contributed by atoms with Gasteiger partial charge in [-0.1, -0.05) is 67.9 Å². The molecule has 1 aliphatic carbocycles. The minimum atomic E-state index is -0.758. The Morgan fingerprint density at radius 3 is 2.22 bits per heavy atom. The van der Waals surface area contributed by atoms with E-state index in [0.717, 1.165) is 61.0 Å². The van der Waals surface area contributed by atoms with Gasteiger partial charge in [-0.15, -0.1) is 0 Å². The van der Waals surface area contributed by atoms with Gasteiger partial charge in [-0.2, -0.15) is 0 Å². The number of benzene rings is 3. The van der Waals surface area contributed by atoms with Crippen LogP contribution >= 0.6 is 0 Å². The van der Waals surface area contributed by atoms with Gasteiger partial charge >= 0.3 is 5.97 Å². The van der Waals surface area contributed by atoms with Crippen LogP contribution in [0.15, 0.2) is 72.8 Å². The molecule has 194 valence electrons. The Hall–Kier alpha value is -3.60. The lowest BCUT2D eigenvalue weighted by Crippen LogP contribution is -2.32. The Balaban J connectivity index is 1.39. The van der Waals surface area contributed by atoms with Gasteiger partial charge in [0, 0.05) is 30.1 Å². The van der Waals surface area contributed by atoms with E-state index < -0.39 is 5.97 Å². The van der Waals surface area contributed by atoms with Gasteiger partial charge in [0.25, 0.3) is 5.91 Å². The molecule has 0 atom stereocenters. The second kappa shape index (κ2) is 13.1. The summed E-state index contributed by atoms with van der Waals surface area (Å²) in [6.45, 7) is 3.24. The maximum absolute atomic E-state index is 13.5. The van der Waals surface area contributed by atoms with Crippen LogP contribution in [0.25, 0.3) is 11.1 Å². The van der Waals surface area contributed by atoms with Crippen LogP contribution in [0, 0.1) is 0 Å². The number of hydrogen-bond acceptors (Lipinski definition) is 3. The molecule has 4 rings (SSSR count). The molecule has 0 bridgehead atoms. The average Bonchev–Trinajstić information content (AvgIpc) is 3.76. The highest BCUT2D eigenvalue weighted by atomic mass is 16.5. The van der Waals surface area contributed by atoms with E-state index in [2.05, 4.69) is 31.2 Å². The number of hydrogen-bond donors (Lipinski definition) is 1. The fraction of sp³-hybridized carbons (Fsp3) is 0.375. The number of aliphatic carboxylic acids is 1. The second-order valence-electron chi connectivity index (χ2n) is 9.85. The molecule has 5 nitrogen and oxygen atoms in total. The van der Waals surface area contributed by atoms with E-state index in [0.29, 0.717) is 25.1 Å².